The van der Waals surface area contributed by atoms with Crippen molar-refractivity contribution in [2.24, 2.45) is 5.84 Å². The van der Waals surface area contributed by atoms with Crippen molar-refractivity contribution in [1.29, 1.82) is 0 Å². The Morgan fingerprint density at radius 1 is 1.44 bits per heavy atom. The number of rotatable bonds is 8. The first-order valence-electron chi connectivity index (χ1n) is 6.74. The molecule has 1 aromatic rings. The topological polar surface area (TPSA) is 65.1 Å². The highest BCUT2D eigenvalue weighted by atomic mass is 16.5. The second-order valence-electron chi connectivity index (χ2n) is 4.75. The molecule has 0 saturated heterocycles. The first-order chi connectivity index (χ1) is 8.60. The molecule has 1 aromatic heterocycles. The summed E-state index contributed by atoms with van der Waals surface area (Å²) in [7, 11) is 0. The number of aromatic nitrogens is 2. The van der Waals surface area contributed by atoms with Gasteiger partial charge in [-0.1, -0.05) is 6.92 Å². The molecule has 104 valence electrons. The van der Waals surface area contributed by atoms with Gasteiger partial charge in [0.05, 0.1) is 18.4 Å². The van der Waals surface area contributed by atoms with Crippen LogP contribution in [0.2, 0.25) is 0 Å². The van der Waals surface area contributed by atoms with Crippen LogP contribution < -0.4 is 11.3 Å². The number of hydrogen-bond donors (Lipinski definition) is 2. The van der Waals surface area contributed by atoms with Crippen LogP contribution in [0.3, 0.4) is 0 Å². The zero-order chi connectivity index (χ0) is 13.5. The summed E-state index contributed by atoms with van der Waals surface area (Å²) < 4.78 is 7.64. The van der Waals surface area contributed by atoms with E-state index in [9.17, 15) is 0 Å². The number of nitrogens with zero attached hydrogens (tertiary/aromatic N) is 2. The number of nitrogens with two attached hydrogens (primary N) is 1. The maximum atomic E-state index is 5.60. The van der Waals surface area contributed by atoms with Crippen molar-refractivity contribution in [2.75, 3.05) is 6.61 Å². The highest BCUT2D eigenvalue weighted by Crippen LogP contribution is 2.09. The van der Waals surface area contributed by atoms with Gasteiger partial charge in [0, 0.05) is 24.7 Å². The van der Waals surface area contributed by atoms with Gasteiger partial charge >= 0.3 is 0 Å². The molecule has 3 N–H and O–H groups in total. The lowest BCUT2D eigenvalue weighted by Gasteiger charge is -2.18. The summed E-state index contributed by atoms with van der Waals surface area (Å²) in [6.45, 7) is 9.78. The quantitative estimate of drug-likeness (QED) is 0.541. The Kier molecular flexibility index (Phi) is 6.32. The third kappa shape index (κ3) is 4.40. The van der Waals surface area contributed by atoms with Crippen LogP contribution in [-0.2, 0) is 24.1 Å². The monoisotopic (exact) mass is 254 g/mol. The molecule has 1 atom stereocenters. The molecule has 0 amide bonds. The lowest BCUT2D eigenvalue weighted by atomic mass is 10.1. The van der Waals surface area contributed by atoms with Gasteiger partial charge in [-0.25, -0.2) is 0 Å². The van der Waals surface area contributed by atoms with Crippen LogP contribution in [-0.4, -0.2) is 28.5 Å². The van der Waals surface area contributed by atoms with Gasteiger partial charge in [0.1, 0.15) is 0 Å². The van der Waals surface area contributed by atoms with Crippen molar-refractivity contribution in [1.82, 2.24) is 15.2 Å². The number of nitrogens with one attached hydrogen (secondary N) is 1. The van der Waals surface area contributed by atoms with E-state index in [1.165, 1.54) is 5.69 Å². The van der Waals surface area contributed by atoms with Crippen LogP contribution in [0.1, 0.15) is 39.1 Å². The van der Waals surface area contributed by atoms with Gasteiger partial charge in [0.15, 0.2) is 0 Å². The fourth-order valence-electron chi connectivity index (χ4n) is 1.85. The van der Waals surface area contributed by atoms with Gasteiger partial charge in [-0.05, 0) is 33.3 Å². The fraction of sp³-hybridized carbons (Fsp3) is 0.769. The predicted molar refractivity (Wildman–Crippen MR) is 73.2 cm³/mol. The molecule has 0 aliphatic carbocycles. The summed E-state index contributed by atoms with van der Waals surface area (Å²) in [5, 5.41) is 4.54. The molecule has 0 radical (unpaired) electrons. The predicted octanol–water partition coefficient (Wildman–Crippen LogP) is 1.26. The van der Waals surface area contributed by atoms with Crippen LogP contribution >= 0.6 is 0 Å². The molecule has 0 saturated carbocycles. The summed E-state index contributed by atoms with van der Waals surface area (Å²) in [6, 6.07) is 2.28. The third-order valence-corrected chi connectivity index (χ3v) is 2.90. The lowest BCUT2D eigenvalue weighted by Crippen LogP contribution is -2.41. The average Bonchev–Trinajstić information content (AvgIpc) is 2.76. The molecule has 5 nitrogen and oxygen atoms in total. The highest BCUT2D eigenvalue weighted by Gasteiger charge is 2.13. The van der Waals surface area contributed by atoms with Gasteiger partial charge < -0.3 is 4.74 Å². The normalized spacial score (nSPS) is 13.2. The molecule has 0 aliphatic heterocycles. The molecule has 0 aliphatic rings. The molecule has 5 heteroatoms. The van der Waals surface area contributed by atoms with Crippen molar-refractivity contribution in [2.45, 2.75) is 59.2 Å². The largest absolute Gasteiger partial charge is 0.377 e. The van der Waals surface area contributed by atoms with Crippen LogP contribution in [0.4, 0.5) is 0 Å². The number of hydrazine groups is 1. The molecule has 0 bridgehead atoms. The van der Waals surface area contributed by atoms with E-state index in [-0.39, 0.29) is 12.1 Å². The Balaban J connectivity index is 2.65. The summed E-state index contributed by atoms with van der Waals surface area (Å²) in [5.41, 5.74) is 5.16. The van der Waals surface area contributed by atoms with Gasteiger partial charge in [0.25, 0.3) is 0 Å². The maximum absolute atomic E-state index is 5.60. The van der Waals surface area contributed by atoms with Crippen LogP contribution in [0.25, 0.3) is 0 Å². The third-order valence-electron chi connectivity index (χ3n) is 2.90. The van der Waals surface area contributed by atoms with E-state index in [4.69, 9.17) is 10.6 Å². The molecule has 0 aromatic carbocycles. The molecule has 0 spiro atoms. The number of ether oxygens (including phenoxy) is 1. The maximum Gasteiger partial charge on any atom is 0.0640 e. The number of hydrogen-bond acceptors (Lipinski definition) is 4. The standard InChI is InChI=1S/C13H26N4O/c1-5-11-7-13(17(6-2)16-11)8-12(15-14)9-18-10(3)4/h7,10,12,15H,5-6,8-9,14H2,1-4H3. The molecule has 1 rings (SSSR count). The van der Waals surface area contributed by atoms with Crippen molar-refractivity contribution < 1.29 is 4.74 Å². The van der Waals surface area contributed by atoms with E-state index in [0.29, 0.717) is 6.61 Å². The first-order valence-corrected chi connectivity index (χ1v) is 6.74. The van der Waals surface area contributed by atoms with E-state index >= 15 is 0 Å². The summed E-state index contributed by atoms with van der Waals surface area (Å²) in [6.07, 6.45) is 2.02. The molecule has 1 unspecified atom stereocenters. The average molecular weight is 254 g/mol. The minimum atomic E-state index is 0.124. The van der Waals surface area contributed by atoms with Gasteiger partial charge in [-0.3, -0.25) is 16.0 Å². The SMILES string of the molecule is CCc1cc(CC(COC(C)C)NN)n(CC)n1. The Labute approximate surface area is 110 Å². The van der Waals surface area contributed by atoms with E-state index < -0.39 is 0 Å². The van der Waals surface area contributed by atoms with E-state index in [1.54, 1.807) is 0 Å². The van der Waals surface area contributed by atoms with Crippen LogP contribution in [0.5, 0.6) is 0 Å². The van der Waals surface area contributed by atoms with Gasteiger partial charge in [-0.2, -0.15) is 5.10 Å². The van der Waals surface area contributed by atoms with Gasteiger partial charge in [0.2, 0.25) is 0 Å². The number of aryl methyl sites for hydroxylation is 2. The van der Waals surface area contributed by atoms with E-state index in [1.807, 2.05) is 18.5 Å². The zero-order valence-corrected chi connectivity index (χ0v) is 11.9. The smallest absolute Gasteiger partial charge is 0.0640 e. The minimum Gasteiger partial charge on any atom is -0.377 e. The minimum absolute atomic E-state index is 0.124. The summed E-state index contributed by atoms with van der Waals surface area (Å²) in [4.78, 5) is 0. The summed E-state index contributed by atoms with van der Waals surface area (Å²) in [5.74, 6) is 5.58. The molecule has 1 heterocycles. The Hall–Kier alpha value is -0.910. The highest BCUT2D eigenvalue weighted by molar-refractivity contribution is 5.12. The second kappa shape index (κ2) is 7.51. The Morgan fingerprint density at radius 2 is 2.17 bits per heavy atom. The Morgan fingerprint density at radius 3 is 2.67 bits per heavy atom. The molecule has 18 heavy (non-hydrogen) atoms. The van der Waals surface area contributed by atoms with E-state index in [2.05, 4.69) is 30.4 Å². The van der Waals surface area contributed by atoms with Crippen LogP contribution in [0, 0.1) is 0 Å². The fourth-order valence-corrected chi connectivity index (χ4v) is 1.85. The van der Waals surface area contributed by atoms with Crippen molar-refractivity contribution in [3.05, 3.63) is 17.5 Å². The Bertz CT molecular complexity index is 349. The van der Waals surface area contributed by atoms with Crippen molar-refractivity contribution in [3.8, 4) is 0 Å². The molecule has 0 fully saturated rings. The molecular weight excluding hydrogens is 228 g/mol. The first kappa shape index (κ1) is 15.1. The van der Waals surface area contributed by atoms with E-state index in [0.717, 1.165) is 25.1 Å². The zero-order valence-electron chi connectivity index (χ0n) is 11.9. The molecular formula is C13H26N4O. The summed E-state index contributed by atoms with van der Waals surface area (Å²) >= 11 is 0. The van der Waals surface area contributed by atoms with Crippen LogP contribution in [0.15, 0.2) is 6.07 Å². The second-order valence-corrected chi connectivity index (χ2v) is 4.75. The van der Waals surface area contributed by atoms with Crippen molar-refractivity contribution in [3.63, 3.8) is 0 Å². The van der Waals surface area contributed by atoms with Gasteiger partial charge in [-0.15, -0.1) is 0 Å². The van der Waals surface area contributed by atoms with Crippen molar-refractivity contribution >= 4 is 0 Å². The lowest BCUT2D eigenvalue weighted by molar-refractivity contribution is 0.0609.